The van der Waals surface area contributed by atoms with Crippen LogP contribution in [0.5, 0.6) is 5.75 Å². The van der Waals surface area contributed by atoms with Crippen LogP contribution in [-0.2, 0) is 4.79 Å². The van der Waals surface area contributed by atoms with E-state index in [2.05, 4.69) is 0 Å². The molecule has 1 aromatic carbocycles. The first-order chi connectivity index (χ1) is 10.1. The molecule has 0 aromatic heterocycles. The molecule has 0 spiro atoms. The SMILES string of the molecule is Nc1ccccc1OCCC(=O)N1CC2CCC(O)C2C1. The first-order valence-corrected chi connectivity index (χ1v) is 7.58. The third kappa shape index (κ3) is 2.97. The summed E-state index contributed by atoms with van der Waals surface area (Å²) < 4.78 is 5.56. The molecular weight excluding hydrogens is 268 g/mol. The van der Waals surface area contributed by atoms with Gasteiger partial charge in [0, 0.05) is 19.0 Å². The molecule has 1 saturated heterocycles. The van der Waals surface area contributed by atoms with Gasteiger partial charge in [0.25, 0.3) is 0 Å². The van der Waals surface area contributed by atoms with Crippen molar-refractivity contribution in [2.24, 2.45) is 11.8 Å². The summed E-state index contributed by atoms with van der Waals surface area (Å²) in [4.78, 5) is 14.1. The summed E-state index contributed by atoms with van der Waals surface area (Å²) in [6.45, 7) is 1.81. The number of carbonyl (C=O) groups excluding carboxylic acids is 1. The first-order valence-electron chi connectivity index (χ1n) is 7.58. The second kappa shape index (κ2) is 5.93. The minimum absolute atomic E-state index is 0.103. The third-order valence-electron chi connectivity index (χ3n) is 4.66. The van der Waals surface area contributed by atoms with Gasteiger partial charge in [-0.2, -0.15) is 0 Å². The number of anilines is 1. The Morgan fingerprint density at radius 2 is 2.14 bits per heavy atom. The van der Waals surface area contributed by atoms with Crippen LogP contribution in [0.15, 0.2) is 24.3 Å². The number of nitrogens with zero attached hydrogens (tertiary/aromatic N) is 1. The normalized spacial score (nSPS) is 27.7. The van der Waals surface area contributed by atoms with E-state index in [0.717, 1.165) is 19.4 Å². The molecule has 2 fully saturated rings. The van der Waals surface area contributed by atoms with Crippen molar-refractivity contribution in [3.63, 3.8) is 0 Å². The zero-order valence-electron chi connectivity index (χ0n) is 12.1. The van der Waals surface area contributed by atoms with E-state index < -0.39 is 0 Å². The van der Waals surface area contributed by atoms with E-state index in [9.17, 15) is 9.90 Å². The van der Waals surface area contributed by atoms with E-state index in [-0.39, 0.29) is 17.9 Å². The Labute approximate surface area is 124 Å². The number of likely N-dealkylation sites (tertiary alicyclic amines) is 1. The third-order valence-corrected chi connectivity index (χ3v) is 4.66. The Hall–Kier alpha value is -1.75. The lowest BCUT2D eigenvalue weighted by Gasteiger charge is -2.18. The van der Waals surface area contributed by atoms with Crippen LogP contribution in [0.3, 0.4) is 0 Å². The van der Waals surface area contributed by atoms with Crippen LogP contribution in [0.2, 0.25) is 0 Å². The number of benzene rings is 1. The lowest BCUT2D eigenvalue weighted by molar-refractivity contribution is -0.131. The highest BCUT2D eigenvalue weighted by molar-refractivity contribution is 5.76. The predicted molar refractivity (Wildman–Crippen MR) is 79.8 cm³/mol. The van der Waals surface area contributed by atoms with Gasteiger partial charge in [0.05, 0.1) is 24.8 Å². The van der Waals surface area contributed by atoms with E-state index in [1.807, 2.05) is 17.0 Å². The molecule has 0 bridgehead atoms. The minimum Gasteiger partial charge on any atom is -0.491 e. The molecule has 1 saturated carbocycles. The van der Waals surface area contributed by atoms with Crippen molar-refractivity contribution in [3.05, 3.63) is 24.3 Å². The van der Waals surface area contributed by atoms with Crippen molar-refractivity contribution in [3.8, 4) is 5.75 Å². The van der Waals surface area contributed by atoms with Crippen LogP contribution < -0.4 is 10.5 Å². The van der Waals surface area contributed by atoms with E-state index in [4.69, 9.17) is 10.5 Å². The van der Waals surface area contributed by atoms with E-state index in [1.54, 1.807) is 12.1 Å². The van der Waals surface area contributed by atoms with Gasteiger partial charge in [-0.15, -0.1) is 0 Å². The number of aliphatic hydroxyl groups is 1. The molecule has 114 valence electrons. The van der Waals surface area contributed by atoms with Crippen LogP contribution in [0.1, 0.15) is 19.3 Å². The summed E-state index contributed by atoms with van der Waals surface area (Å²) in [6, 6.07) is 7.29. The highest BCUT2D eigenvalue weighted by Crippen LogP contribution is 2.38. The molecule has 1 aliphatic carbocycles. The first kappa shape index (κ1) is 14.2. The Bertz CT molecular complexity index is 520. The largest absolute Gasteiger partial charge is 0.491 e. The number of amides is 1. The number of rotatable bonds is 4. The smallest absolute Gasteiger partial charge is 0.226 e. The number of para-hydroxylation sites is 2. The van der Waals surface area contributed by atoms with Gasteiger partial charge in [-0.25, -0.2) is 0 Å². The highest BCUT2D eigenvalue weighted by Gasteiger charge is 2.42. The summed E-state index contributed by atoms with van der Waals surface area (Å²) in [5.74, 6) is 1.49. The topological polar surface area (TPSA) is 75.8 Å². The molecule has 0 radical (unpaired) electrons. The molecule has 1 aromatic rings. The van der Waals surface area contributed by atoms with Crippen LogP contribution in [0.25, 0.3) is 0 Å². The van der Waals surface area contributed by atoms with Crippen LogP contribution in [0.4, 0.5) is 5.69 Å². The Morgan fingerprint density at radius 1 is 1.33 bits per heavy atom. The van der Waals surface area contributed by atoms with Crippen molar-refractivity contribution in [2.45, 2.75) is 25.4 Å². The fourth-order valence-electron chi connectivity index (χ4n) is 3.46. The number of nitrogen functional groups attached to an aromatic ring is 1. The van der Waals surface area contributed by atoms with Gasteiger partial charge in [0.15, 0.2) is 0 Å². The second-order valence-corrected chi connectivity index (χ2v) is 6.00. The highest BCUT2D eigenvalue weighted by atomic mass is 16.5. The van der Waals surface area contributed by atoms with Gasteiger partial charge in [0.2, 0.25) is 5.91 Å². The molecule has 5 heteroatoms. The number of hydrogen-bond donors (Lipinski definition) is 2. The molecule has 1 heterocycles. The zero-order chi connectivity index (χ0) is 14.8. The predicted octanol–water partition coefficient (Wildman–Crippen LogP) is 1.27. The molecule has 3 N–H and O–H groups in total. The Balaban J connectivity index is 1.46. The molecule has 21 heavy (non-hydrogen) atoms. The van der Waals surface area contributed by atoms with Gasteiger partial charge >= 0.3 is 0 Å². The van der Waals surface area contributed by atoms with Crippen molar-refractivity contribution in [1.29, 1.82) is 0 Å². The molecule has 1 amide bonds. The standard InChI is InChI=1S/C16H22N2O3/c17-13-3-1-2-4-15(13)21-8-7-16(20)18-9-11-5-6-14(19)12(11)10-18/h1-4,11-12,14,19H,5-10,17H2. The summed E-state index contributed by atoms with van der Waals surface area (Å²) in [5.41, 5.74) is 6.38. The summed E-state index contributed by atoms with van der Waals surface area (Å²) in [7, 11) is 0. The molecule has 2 aliphatic rings. The quantitative estimate of drug-likeness (QED) is 0.819. The fourth-order valence-corrected chi connectivity index (χ4v) is 3.46. The lowest BCUT2D eigenvalue weighted by Crippen LogP contribution is -2.31. The molecule has 5 nitrogen and oxygen atoms in total. The van der Waals surface area contributed by atoms with Gasteiger partial charge in [-0.3, -0.25) is 4.79 Å². The lowest BCUT2D eigenvalue weighted by atomic mass is 10.00. The number of aliphatic hydroxyl groups excluding tert-OH is 1. The average Bonchev–Trinajstić information content (AvgIpc) is 3.04. The van der Waals surface area contributed by atoms with Crippen LogP contribution in [0, 0.1) is 11.8 Å². The van der Waals surface area contributed by atoms with Crippen molar-refractivity contribution < 1.29 is 14.6 Å². The number of carbonyl (C=O) groups is 1. The average molecular weight is 290 g/mol. The fraction of sp³-hybridized carbons (Fsp3) is 0.562. The maximum absolute atomic E-state index is 12.2. The van der Waals surface area contributed by atoms with E-state index in [1.165, 1.54) is 0 Å². The maximum atomic E-state index is 12.2. The van der Waals surface area contributed by atoms with Crippen molar-refractivity contribution in [1.82, 2.24) is 4.90 Å². The summed E-state index contributed by atoms with van der Waals surface area (Å²) in [6.07, 6.45) is 2.04. The Kier molecular flexibility index (Phi) is 4.01. The van der Waals surface area contributed by atoms with Gasteiger partial charge in [0.1, 0.15) is 5.75 Å². The van der Waals surface area contributed by atoms with E-state index in [0.29, 0.717) is 36.9 Å². The number of fused-ring (bicyclic) bond motifs is 1. The van der Waals surface area contributed by atoms with Crippen LogP contribution in [-0.4, -0.2) is 41.7 Å². The number of ether oxygens (including phenoxy) is 1. The molecule has 1 aliphatic heterocycles. The summed E-state index contributed by atoms with van der Waals surface area (Å²) >= 11 is 0. The maximum Gasteiger partial charge on any atom is 0.226 e. The number of nitrogens with two attached hydrogens (primary N) is 1. The van der Waals surface area contributed by atoms with Gasteiger partial charge in [-0.1, -0.05) is 12.1 Å². The Morgan fingerprint density at radius 3 is 2.90 bits per heavy atom. The molecular formula is C16H22N2O3. The molecule has 3 rings (SSSR count). The number of hydrogen-bond acceptors (Lipinski definition) is 4. The van der Waals surface area contributed by atoms with E-state index >= 15 is 0 Å². The molecule has 3 unspecified atom stereocenters. The van der Waals surface area contributed by atoms with Gasteiger partial charge in [-0.05, 0) is 30.9 Å². The van der Waals surface area contributed by atoms with Crippen LogP contribution >= 0.6 is 0 Å². The van der Waals surface area contributed by atoms with Gasteiger partial charge < -0.3 is 20.5 Å². The second-order valence-electron chi connectivity index (χ2n) is 6.00. The monoisotopic (exact) mass is 290 g/mol. The minimum atomic E-state index is -0.229. The molecule has 3 atom stereocenters. The van der Waals surface area contributed by atoms with Crippen molar-refractivity contribution >= 4 is 11.6 Å². The summed E-state index contributed by atoms with van der Waals surface area (Å²) in [5, 5.41) is 9.88. The zero-order valence-corrected chi connectivity index (χ0v) is 12.1. The van der Waals surface area contributed by atoms with Crippen molar-refractivity contribution in [2.75, 3.05) is 25.4 Å².